The molecule has 1 aliphatic heterocycles. The lowest BCUT2D eigenvalue weighted by Crippen LogP contribution is -2.35. The summed E-state index contributed by atoms with van der Waals surface area (Å²) in [7, 11) is -2.95. The molecule has 1 fully saturated rings. The van der Waals surface area contributed by atoms with Crippen LogP contribution in [0.25, 0.3) is 0 Å². The number of nitrogens with two attached hydrogens (primary N) is 1. The van der Waals surface area contributed by atoms with Crippen molar-refractivity contribution in [2.45, 2.75) is 25.3 Å². The highest BCUT2D eigenvalue weighted by Crippen LogP contribution is 2.12. The van der Waals surface area contributed by atoms with Gasteiger partial charge in [-0.1, -0.05) is 12.1 Å². The molecule has 19 heavy (non-hydrogen) atoms. The van der Waals surface area contributed by atoms with Crippen molar-refractivity contribution >= 4 is 21.4 Å². The number of carbonyl (C=O) groups excluding carboxylic acids is 1. The van der Waals surface area contributed by atoms with E-state index in [2.05, 4.69) is 5.32 Å². The van der Waals surface area contributed by atoms with Crippen molar-refractivity contribution in [2.75, 3.05) is 17.2 Å². The number of nitrogen functional groups attached to an aromatic ring is 1. The fraction of sp³-hybridized carbons (Fsp3) is 0.462. The Balaban J connectivity index is 1.79. The van der Waals surface area contributed by atoms with E-state index in [1.54, 1.807) is 6.07 Å². The fourth-order valence-electron chi connectivity index (χ4n) is 2.22. The van der Waals surface area contributed by atoms with E-state index in [9.17, 15) is 13.2 Å². The van der Waals surface area contributed by atoms with Crippen LogP contribution < -0.4 is 11.1 Å². The van der Waals surface area contributed by atoms with E-state index in [1.165, 1.54) is 0 Å². The smallest absolute Gasteiger partial charge is 0.220 e. The Kier molecular flexibility index (Phi) is 4.09. The number of hydrogen-bond donors (Lipinski definition) is 2. The first-order valence-corrected chi connectivity index (χ1v) is 8.11. The van der Waals surface area contributed by atoms with Crippen molar-refractivity contribution in [1.82, 2.24) is 5.32 Å². The minimum atomic E-state index is -2.95. The molecule has 5 nitrogen and oxygen atoms in total. The normalized spacial score (nSPS) is 21.2. The van der Waals surface area contributed by atoms with Crippen LogP contribution in [-0.2, 0) is 21.1 Å². The number of amides is 1. The molecule has 1 atom stereocenters. The van der Waals surface area contributed by atoms with Gasteiger partial charge in [0.25, 0.3) is 0 Å². The van der Waals surface area contributed by atoms with Gasteiger partial charge in [0.2, 0.25) is 5.91 Å². The van der Waals surface area contributed by atoms with Gasteiger partial charge in [-0.2, -0.15) is 0 Å². The predicted molar refractivity (Wildman–Crippen MR) is 74.4 cm³/mol. The molecule has 1 amide bonds. The van der Waals surface area contributed by atoms with Gasteiger partial charge >= 0.3 is 0 Å². The largest absolute Gasteiger partial charge is 0.399 e. The van der Waals surface area contributed by atoms with E-state index in [0.29, 0.717) is 24.9 Å². The van der Waals surface area contributed by atoms with Crippen LogP contribution in [0.4, 0.5) is 5.69 Å². The maximum absolute atomic E-state index is 11.7. The lowest BCUT2D eigenvalue weighted by Gasteiger charge is -2.10. The number of carbonyl (C=O) groups is 1. The van der Waals surface area contributed by atoms with Crippen LogP contribution in [0.2, 0.25) is 0 Å². The summed E-state index contributed by atoms with van der Waals surface area (Å²) >= 11 is 0. The average Bonchev–Trinajstić information content (AvgIpc) is 2.66. The zero-order chi connectivity index (χ0) is 13.9. The zero-order valence-electron chi connectivity index (χ0n) is 10.6. The Bertz CT molecular complexity index is 569. The molecule has 1 aliphatic rings. The summed E-state index contributed by atoms with van der Waals surface area (Å²) in [5.74, 6) is 0.133. The number of aryl methyl sites for hydroxylation is 1. The second kappa shape index (κ2) is 5.61. The molecule has 1 saturated heterocycles. The van der Waals surface area contributed by atoms with E-state index in [4.69, 9.17) is 5.73 Å². The topological polar surface area (TPSA) is 89.3 Å². The average molecular weight is 282 g/mol. The summed E-state index contributed by atoms with van der Waals surface area (Å²) in [6.07, 6.45) is 1.47. The number of rotatable bonds is 4. The summed E-state index contributed by atoms with van der Waals surface area (Å²) in [6.45, 7) is 0. The second-order valence-electron chi connectivity index (χ2n) is 4.91. The molecule has 0 saturated carbocycles. The Labute approximate surface area is 113 Å². The first kappa shape index (κ1) is 13.9. The standard InChI is InChI=1S/C13H18N2O3S/c14-11-3-1-2-10(8-11)4-5-13(16)15-12-6-7-19(17,18)9-12/h1-3,8,12H,4-7,9,14H2,(H,15,16). The molecule has 0 bridgehead atoms. The third-order valence-corrected chi connectivity index (χ3v) is 4.96. The van der Waals surface area contributed by atoms with E-state index in [-0.39, 0.29) is 23.5 Å². The van der Waals surface area contributed by atoms with Gasteiger partial charge in [-0.25, -0.2) is 8.42 Å². The summed E-state index contributed by atoms with van der Waals surface area (Å²) in [5.41, 5.74) is 7.35. The zero-order valence-corrected chi connectivity index (χ0v) is 11.4. The Hall–Kier alpha value is -1.56. The maximum atomic E-state index is 11.7. The summed E-state index contributed by atoms with van der Waals surface area (Å²) in [6, 6.07) is 7.19. The van der Waals surface area contributed by atoms with Crippen molar-refractivity contribution in [3.8, 4) is 0 Å². The molecule has 1 unspecified atom stereocenters. The molecule has 104 valence electrons. The summed E-state index contributed by atoms with van der Waals surface area (Å²) in [5, 5.41) is 2.77. The predicted octanol–water partition coefficient (Wildman–Crippen LogP) is 0.505. The summed E-state index contributed by atoms with van der Waals surface area (Å²) < 4.78 is 22.5. The highest BCUT2D eigenvalue weighted by Gasteiger charge is 2.28. The number of hydrogen-bond acceptors (Lipinski definition) is 4. The van der Waals surface area contributed by atoms with Gasteiger partial charge in [0.05, 0.1) is 11.5 Å². The second-order valence-corrected chi connectivity index (χ2v) is 7.14. The molecule has 0 spiro atoms. The number of sulfone groups is 1. The van der Waals surface area contributed by atoms with E-state index < -0.39 is 9.84 Å². The Morgan fingerprint density at radius 3 is 2.84 bits per heavy atom. The van der Waals surface area contributed by atoms with Crippen LogP contribution >= 0.6 is 0 Å². The van der Waals surface area contributed by atoms with Gasteiger partial charge in [0.1, 0.15) is 0 Å². The molecule has 0 radical (unpaired) electrons. The minimum absolute atomic E-state index is 0.0665. The van der Waals surface area contributed by atoms with Crippen molar-refractivity contribution in [1.29, 1.82) is 0 Å². The van der Waals surface area contributed by atoms with Crippen LogP contribution in [0.5, 0.6) is 0 Å². The van der Waals surface area contributed by atoms with Crippen LogP contribution in [0.1, 0.15) is 18.4 Å². The number of nitrogens with one attached hydrogen (secondary N) is 1. The molecule has 3 N–H and O–H groups in total. The van der Waals surface area contributed by atoms with Crippen molar-refractivity contribution in [3.63, 3.8) is 0 Å². The van der Waals surface area contributed by atoms with Crippen LogP contribution in [0.3, 0.4) is 0 Å². The minimum Gasteiger partial charge on any atom is -0.399 e. The third-order valence-electron chi connectivity index (χ3n) is 3.19. The first-order chi connectivity index (χ1) is 8.94. The third kappa shape index (κ3) is 4.24. The molecule has 2 rings (SSSR count). The quantitative estimate of drug-likeness (QED) is 0.787. The number of anilines is 1. The number of benzene rings is 1. The van der Waals surface area contributed by atoms with E-state index in [0.717, 1.165) is 5.56 Å². The monoisotopic (exact) mass is 282 g/mol. The van der Waals surface area contributed by atoms with Gasteiger partial charge in [-0.15, -0.1) is 0 Å². The van der Waals surface area contributed by atoms with Crippen molar-refractivity contribution in [3.05, 3.63) is 29.8 Å². The Morgan fingerprint density at radius 2 is 2.21 bits per heavy atom. The molecule has 1 heterocycles. The molecule has 1 aromatic carbocycles. The van der Waals surface area contributed by atoms with Crippen LogP contribution in [-0.4, -0.2) is 31.9 Å². The van der Waals surface area contributed by atoms with Gasteiger partial charge in [-0.3, -0.25) is 4.79 Å². The highest BCUT2D eigenvalue weighted by atomic mass is 32.2. The molecular weight excluding hydrogens is 264 g/mol. The van der Waals surface area contributed by atoms with E-state index in [1.807, 2.05) is 18.2 Å². The van der Waals surface area contributed by atoms with E-state index >= 15 is 0 Å². The lowest BCUT2D eigenvalue weighted by atomic mass is 10.1. The Morgan fingerprint density at radius 1 is 1.42 bits per heavy atom. The first-order valence-electron chi connectivity index (χ1n) is 6.29. The van der Waals surface area contributed by atoms with Crippen molar-refractivity contribution in [2.24, 2.45) is 0 Å². The SMILES string of the molecule is Nc1cccc(CCC(=O)NC2CCS(=O)(=O)C2)c1. The van der Waals surface area contributed by atoms with Crippen molar-refractivity contribution < 1.29 is 13.2 Å². The molecule has 6 heteroatoms. The van der Waals surface area contributed by atoms with Gasteiger partial charge < -0.3 is 11.1 Å². The van der Waals surface area contributed by atoms with Crippen LogP contribution in [0.15, 0.2) is 24.3 Å². The molecule has 1 aromatic rings. The lowest BCUT2D eigenvalue weighted by molar-refractivity contribution is -0.121. The van der Waals surface area contributed by atoms with Crippen LogP contribution in [0, 0.1) is 0 Å². The highest BCUT2D eigenvalue weighted by molar-refractivity contribution is 7.91. The maximum Gasteiger partial charge on any atom is 0.220 e. The van der Waals surface area contributed by atoms with Gasteiger partial charge in [0, 0.05) is 18.2 Å². The molecule has 0 aromatic heterocycles. The summed E-state index contributed by atoms with van der Waals surface area (Å²) in [4.78, 5) is 11.7. The fourth-order valence-corrected chi connectivity index (χ4v) is 3.89. The van der Waals surface area contributed by atoms with Gasteiger partial charge in [0.15, 0.2) is 9.84 Å². The molecule has 0 aliphatic carbocycles. The molecular formula is C13H18N2O3S. The van der Waals surface area contributed by atoms with Gasteiger partial charge in [-0.05, 0) is 30.5 Å².